The van der Waals surface area contributed by atoms with E-state index >= 15 is 0 Å². The van der Waals surface area contributed by atoms with Crippen LogP contribution in [0.2, 0.25) is 0 Å². The number of imidazole rings is 2. The van der Waals surface area contributed by atoms with Gasteiger partial charge in [0.2, 0.25) is 0 Å². The Balaban J connectivity index is 0.000000190. The Bertz CT molecular complexity index is 2050. The molecule has 0 bridgehead atoms. The molecule has 41 heavy (non-hydrogen) atoms. The van der Waals surface area contributed by atoms with Gasteiger partial charge in [-0.05, 0) is 72.7 Å². The van der Waals surface area contributed by atoms with E-state index in [-0.39, 0.29) is 31.9 Å². The SMILES string of the molecule is C1=c2ccc3cccnc3c2=NC1.Cc1ccc2nc(-c3cccc(-c4nc5ccc(C)cc5[nH]4)n3)[nH]c2c1.[Cl-].[Ru+2]. The molecule has 2 N–H and O–H groups in total. The predicted octanol–water partition coefficient (Wildman–Crippen LogP) is 2.44. The molecule has 0 aliphatic carbocycles. The summed E-state index contributed by atoms with van der Waals surface area (Å²) in [5, 5.41) is 3.43. The Hall–Kier alpha value is -4.26. The van der Waals surface area contributed by atoms with Crippen molar-refractivity contribution in [1.82, 2.24) is 29.9 Å². The van der Waals surface area contributed by atoms with E-state index in [9.17, 15) is 0 Å². The van der Waals surface area contributed by atoms with Crippen LogP contribution in [0.5, 0.6) is 0 Å². The fraction of sp³-hybridized carbons (Fsp3) is 0.0938. The molecule has 1 aliphatic rings. The van der Waals surface area contributed by atoms with Crippen molar-refractivity contribution in [3.8, 4) is 23.0 Å². The smallest absolute Gasteiger partial charge is 1.00 e. The summed E-state index contributed by atoms with van der Waals surface area (Å²) >= 11 is 0. The topological polar surface area (TPSA) is 95.5 Å². The van der Waals surface area contributed by atoms with Crippen LogP contribution in [0.4, 0.5) is 0 Å². The van der Waals surface area contributed by atoms with Crippen molar-refractivity contribution < 1.29 is 31.9 Å². The number of hydrogen-bond donors (Lipinski definition) is 2. The molecule has 9 heteroatoms. The van der Waals surface area contributed by atoms with Gasteiger partial charge in [0.1, 0.15) is 11.4 Å². The summed E-state index contributed by atoms with van der Waals surface area (Å²) < 4.78 is 0. The van der Waals surface area contributed by atoms with E-state index in [1.165, 1.54) is 21.7 Å². The first-order valence-electron chi connectivity index (χ1n) is 12.9. The molecule has 0 saturated heterocycles. The van der Waals surface area contributed by atoms with E-state index in [4.69, 9.17) is 4.98 Å². The maximum absolute atomic E-state index is 4.76. The molecule has 1 aliphatic heterocycles. The zero-order chi connectivity index (χ0) is 26.3. The predicted molar refractivity (Wildman–Crippen MR) is 156 cm³/mol. The van der Waals surface area contributed by atoms with Crippen LogP contribution >= 0.6 is 0 Å². The molecule has 3 aromatic carbocycles. The van der Waals surface area contributed by atoms with Gasteiger partial charge >= 0.3 is 19.5 Å². The van der Waals surface area contributed by atoms with Crippen molar-refractivity contribution in [2.45, 2.75) is 13.8 Å². The number of aromatic nitrogens is 6. The van der Waals surface area contributed by atoms with Crippen molar-refractivity contribution in [2.24, 2.45) is 4.99 Å². The second-order valence-corrected chi connectivity index (χ2v) is 9.74. The first-order valence-corrected chi connectivity index (χ1v) is 12.9. The third-order valence-corrected chi connectivity index (χ3v) is 6.85. The van der Waals surface area contributed by atoms with Gasteiger partial charge in [-0.3, -0.25) is 9.98 Å². The van der Waals surface area contributed by atoms with Crippen LogP contribution in [-0.2, 0) is 19.5 Å². The molecule has 0 amide bonds. The molecule has 0 fully saturated rings. The van der Waals surface area contributed by atoms with Gasteiger partial charge in [-0.15, -0.1) is 0 Å². The first kappa shape index (κ1) is 28.3. The molecule has 8 rings (SSSR count). The Labute approximate surface area is 255 Å². The van der Waals surface area contributed by atoms with E-state index in [0.717, 1.165) is 62.5 Å². The van der Waals surface area contributed by atoms with Crippen molar-refractivity contribution in [3.63, 3.8) is 0 Å². The summed E-state index contributed by atoms with van der Waals surface area (Å²) in [4.78, 5) is 29.6. The van der Waals surface area contributed by atoms with Crippen LogP contribution in [0.15, 0.2) is 90.1 Å². The molecule has 0 saturated carbocycles. The number of nitrogens with one attached hydrogen (secondary N) is 2. The van der Waals surface area contributed by atoms with Gasteiger partial charge in [-0.25, -0.2) is 15.0 Å². The minimum absolute atomic E-state index is 0. The molecule has 0 atom stereocenters. The fourth-order valence-corrected chi connectivity index (χ4v) is 4.90. The Kier molecular flexibility index (Phi) is 8.07. The van der Waals surface area contributed by atoms with E-state index in [0.29, 0.717) is 0 Å². The van der Waals surface area contributed by atoms with Gasteiger partial charge in [0, 0.05) is 11.6 Å². The van der Waals surface area contributed by atoms with Crippen LogP contribution < -0.4 is 23.0 Å². The maximum Gasteiger partial charge on any atom is 2.00 e. The zero-order valence-electron chi connectivity index (χ0n) is 22.3. The largest absolute Gasteiger partial charge is 2.00 e. The third kappa shape index (κ3) is 5.54. The summed E-state index contributed by atoms with van der Waals surface area (Å²) in [6.07, 6.45) is 3.94. The zero-order valence-corrected chi connectivity index (χ0v) is 24.8. The average molecular weight is 644 g/mol. The number of hydrogen-bond acceptors (Lipinski definition) is 5. The van der Waals surface area contributed by atoms with Crippen LogP contribution in [-0.4, -0.2) is 36.4 Å². The Morgan fingerprint density at radius 3 is 1.95 bits per heavy atom. The summed E-state index contributed by atoms with van der Waals surface area (Å²) in [7, 11) is 0. The molecule has 4 aromatic heterocycles. The normalized spacial score (nSPS) is 11.6. The number of halogens is 1. The number of aromatic amines is 2. The second-order valence-electron chi connectivity index (χ2n) is 9.74. The third-order valence-electron chi connectivity index (χ3n) is 6.85. The minimum atomic E-state index is 0. The molecule has 0 radical (unpaired) electrons. The summed E-state index contributed by atoms with van der Waals surface area (Å²) in [5.41, 5.74) is 8.94. The second kappa shape index (κ2) is 11.7. The van der Waals surface area contributed by atoms with Crippen LogP contribution in [0.25, 0.3) is 62.1 Å². The van der Waals surface area contributed by atoms with Crippen LogP contribution in [0.1, 0.15) is 11.1 Å². The fourth-order valence-electron chi connectivity index (χ4n) is 4.90. The van der Waals surface area contributed by atoms with Gasteiger partial charge in [0.15, 0.2) is 11.6 Å². The Morgan fingerprint density at radius 1 is 0.683 bits per heavy atom. The monoisotopic (exact) mass is 644 g/mol. The first-order chi connectivity index (χ1) is 19.1. The van der Waals surface area contributed by atoms with E-state index in [2.05, 4.69) is 92.3 Å². The quantitative estimate of drug-likeness (QED) is 0.283. The number of pyridine rings is 2. The minimum Gasteiger partial charge on any atom is -1.00 e. The van der Waals surface area contributed by atoms with E-state index < -0.39 is 0 Å². The molecule has 7 aromatic rings. The number of fused-ring (bicyclic) bond motifs is 5. The van der Waals surface area contributed by atoms with Gasteiger partial charge < -0.3 is 22.4 Å². The molecule has 202 valence electrons. The van der Waals surface area contributed by atoms with Crippen molar-refractivity contribution in [1.29, 1.82) is 0 Å². The van der Waals surface area contributed by atoms with E-state index in [1.807, 2.05) is 42.6 Å². The number of H-pyrrole nitrogens is 2. The molecule has 7 nitrogen and oxygen atoms in total. The van der Waals surface area contributed by atoms with Gasteiger partial charge in [0.05, 0.1) is 39.5 Å². The molecule has 0 unspecified atom stereocenters. The Morgan fingerprint density at radius 2 is 1.32 bits per heavy atom. The average Bonchev–Trinajstić information content (AvgIpc) is 3.71. The van der Waals surface area contributed by atoms with Crippen molar-refractivity contribution in [3.05, 3.63) is 107 Å². The van der Waals surface area contributed by atoms with Crippen molar-refractivity contribution in [2.75, 3.05) is 6.54 Å². The summed E-state index contributed by atoms with van der Waals surface area (Å²) in [6.45, 7) is 4.94. The van der Waals surface area contributed by atoms with Gasteiger partial charge in [0.25, 0.3) is 0 Å². The number of nitrogens with zero attached hydrogens (tertiary/aromatic N) is 5. The number of rotatable bonds is 2. The molecular weight excluding hydrogens is 619 g/mol. The molecule has 0 spiro atoms. The molecular formula is C32H25ClN7Ru+. The summed E-state index contributed by atoms with van der Waals surface area (Å²) in [6, 6.07) is 26.5. The number of aryl methyl sites for hydroxylation is 2. The van der Waals surface area contributed by atoms with Crippen molar-refractivity contribution >= 4 is 39.0 Å². The van der Waals surface area contributed by atoms with Gasteiger partial charge in [-0.2, -0.15) is 0 Å². The number of benzene rings is 3. The standard InChI is InChI=1S/C21H17N5.C11H8N2.ClH.Ru/c1-12-6-8-14-18(10-12)25-20(23-14)16-4-3-5-17(22-16)21-24-15-9-7-13(2)11-19(15)26-21;1-2-8-3-4-9-5-7-13-11(9)10(8)12-6-1;;/h3-11H,1-2H3,(H,23,25)(H,24,26);1-6H,7H2;1H;/q;;;+2/p-1. The van der Waals surface area contributed by atoms with Gasteiger partial charge in [-0.1, -0.05) is 42.5 Å². The molecule has 5 heterocycles. The van der Waals surface area contributed by atoms with Crippen LogP contribution in [0.3, 0.4) is 0 Å². The van der Waals surface area contributed by atoms with Crippen LogP contribution in [0, 0.1) is 13.8 Å². The maximum atomic E-state index is 4.76. The summed E-state index contributed by atoms with van der Waals surface area (Å²) in [5.74, 6) is 1.53. The van der Waals surface area contributed by atoms with E-state index in [1.54, 1.807) is 0 Å².